The van der Waals surface area contributed by atoms with Crippen LogP contribution in [0.2, 0.25) is 0 Å². The molecule has 118 valence electrons. The minimum atomic E-state index is -3.49. The van der Waals surface area contributed by atoms with E-state index in [1.54, 1.807) is 6.07 Å². The number of rotatable bonds is 5. The molecule has 1 N–H and O–H groups in total. The Morgan fingerprint density at radius 3 is 2.57 bits per heavy atom. The van der Waals surface area contributed by atoms with Crippen molar-refractivity contribution in [1.82, 2.24) is 9.62 Å². The molecule has 1 saturated heterocycles. The molecular formula is C14H22N2O3S2. The van der Waals surface area contributed by atoms with Gasteiger partial charge in [-0.25, -0.2) is 8.42 Å². The lowest BCUT2D eigenvalue weighted by molar-refractivity contribution is 0.438. The van der Waals surface area contributed by atoms with E-state index in [1.807, 2.05) is 26.0 Å². The zero-order valence-electron chi connectivity index (χ0n) is 12.5. The average molecular weight is 330 g/mol. The maximum absolute atomic E-state index is 12.7. The van der Waals surface area contributed by atoms with E-state index >= 15 is 0 Å². The standard InChI is InChI=1S/C14H22N2O3S2/c1-3-15-11-13-5-4-12(2)14(10-13)21(18,19)16-6-8-20(17)9-7-16/h4-5,10,15H,3,6-9,11H2,1-2H3. The summed E-state index contributed by atoms with van der Waals surface area (Å²) in [5.41, 5.74) is 1.71. The molecule has 7 heteroatoms. The monoisotopic (exact) mass is 330 g/mol. The lowest BCUT2D eigenvalue weighted by Gasteiger charge is -2.26. The minimum Gasteiger partial charge on any atom is -0.313 e. The maximum Gasteiger partial charge on any atom is 0.243 e. The van der Waals surface area contributed by atoms with Gasteiger partial charge in [0.05, 0.1) is 4.90 Å². The van der Waals surface area contributed by atoms with Gasteiger partial charge in [0, 0.05) is 41.9 Å². The first-order valence-corrected chi connectivity index (χ1v) is 10.0. The van der Waals surface area contributed by atoms with Gasteiger partial charge >= 0.3 is 0 Å². The Balaban J connectivity index is 2.28. The number of hydrogen-bond acceptors (Lipinski definition) is 4. The molecule has 21 heavy (non-hydrogen) atoms. The smallest absolute Gasteiger partial charge is 0.243 e. The molecule has 1 aromatic rings. The van der Waals surface area contributed by atoms with Gasteiger partial charge in [-0.1, -0.05) is 19.1 Å². The predicted molar refractivity (Wildman–Crippen MR) is 85.2 cm³/mol. The van der Waals surface area contributed by atoms with Crippen LogP contribution in [0, 0.1) is 6.92 Å². The van der Waals surface area contributed by atoms with Gasteiger partial charge in [-0.3, -0.25) is 4.21 Å². The third-order valence-electron chi connectivity index (χ3n) is 3.59. The second-order valence-corrected chi connectivity index (χ2v) is 8.73. The van der Waals surface area contributed by atoms with E-state index in [0.717, 1.165) is 17.7 Å². The molecule has 1 fully saturated rings. The molecule has 1 aliphatic heterocycles. The number of nitrogens with zero attached hydrogens (tertiary/aromatic N) is 1. The zero-order chi connectivity index (χ0) is 15.5. The van der Waals surface area contributed by atoms with Crippen LogP contribution in [0.4, 0.5) is 0 Å². The van der Waals surface area contributed by atoms with Crippen LogP contribution >= 0.6 is 0 Å². The number of benzene rings is 1. The third-order valence-corrected chi connectivity index (χ3v) is 6.90. The van der Waals surface area contributed by atoms with Crippen LogP contribution in [0.25, 0.3) is 0 Å². The van der Waals surface area contributed by atoms with Crippen molar-refractivity contribution in [2.75, 3.05) is 31.1 Å². The molecule has 5 nitrogen and oxygen atoms in total. The summed E-state index contributed by atoms with van der Waals surface area (Å²) in [6.45, 7) is 6.00. The molecule has 0 aliphatic carbocycles. The fourth-order valence-electron chi connectivity index (χ4n) is 2.30. The molecule has 1 heterocycles. The molecular weight excluding hydrogens is 308 g/mol. The number of aryl methyl sites for hydroxylation is 1. The topological polar surface area (TPSA) is 66.5 Å². The van der Waals surface area contributed by atoms with Gasteiger partial charge in [0.15, 0.2) is 0 Å². The van der Waals surface area contributed by atoms with Crippen LogP contribution in [0.5, 0.6) is 0 Å². The predicted octanol–water partition coefficient (Wildman–Crippen LogP) is 0.858. The summed E-state index contributed by atoms with van der Waals surface area (Å²) >= 11 is 0. The molecule has 0 unspecified atom stereocenters. The van der Waals surface area contributed by atoms with E-state index < -0.39 is 20.8 Å². The molecule has 0 bridgehead atoms. The van der Waals surface area contributed by atoms with Gasteiger partial charge in [-0.05, 0) is 30.7 Å². The van der Waals surface area contributed by atoms with Gasteiger partial charge in [0.2, 0.25) is 10.0 Å². The zero-order valence-corrected chi connectivity index (χ0v) is 14.1. The van der Waals surface area contributed by atoms with Crippen LogP contribution in [0.1, 0.15) is 18.1 Å². The summed E-state index contributed by atoms with van der Waals surface area (Å²) in [6, 6.07) is 5.54. The number of nitrogens with one attached hydrogen (secondary N) is 1. The van der Waals surface area contributed by atoms with Crippen molar-refractivity contribution in [2.24, 2.45) is 0 Å². The Labute approximate surface area is 129 Å². The molecule has 0 radical (unpaired) electrons. The van der Waals surface area contributed by atoms with E-state index in [4.69, 9.17) is 0 Å². The lowest BCUT2D eigenvalue weighted by Crippen LogP contribution is -2.41. The SMILES string of the molecule is CCNCc1ccc(C)c(S(=O)(=O)N2CCS(=O)CC2)c1. The number of sulfonamides is 1. The van der Waals surface area contributed by atoms with Crippen molar-refractivity contribution in [2.45, 2.75) is 25.3 Å². The van der Waals surface area contributed by atoms with Gasteiger partial charge in [-0.2, -0.15) is 4.31 Å². The second-order valence-electron chi connectivity index (χ2n) is 5.13. The lowest BCUT2D eigenvalue weighted by atomic mass is 10.1. The quantitative estimate of drug-likeness (QED) is 0.869. The van der Waals surface area contributed by atoms with Gasteiger partial charge in [0.25, 0.3) is 0 Å². The largest absolute Gasteiger partial charge is 0.313 e. The molecule has 0 saturated carbocycles. The van der Waals surface area contributed by atoms with Crippen LogP contribution in [0.3, 0.4) is 0 Å². The van der Waals surface area contributed by atoms with E-state index in [0.29, 0.717) is 36.0 Å². The Morgan fingerprint density at radius 2 is 1.95 bits per heavy atom. The van der Waals surface area contributed by atoms with Crippen molar-refractivity contribution < 1.29 is 12.6 Å². The van der Waals surface area contributed by atoms with Crippen LogP contribution in [-0.4, -0.2) is 48.1 Å². The summed E-state index contributed by atoms with van der Waals surface area (Å²) in [6.07, 6.45) is 0. The molecule has 0 aromatic heterocycles. The molecule has 1 aromatic carbocycles. The summed E-state index contributed by atoms with van der Waals surface area (Å²) in [4.78, 5) is 0.366. The van der Waals surface area contributed by atoms with Crippen LogP contribution < -0.4 is 5.32 Å². The summed E-state index contributed by atoms with van der Waals surface area (Å²) in [7, 11) is -4.37. The Morgan fingerprint density at radius 1 is 1.29 bits per heavy atom. The Bertz CT molecular complexity index is 619. The molecule has 0 atom stereocenters. The Hall–Kier alpha value is -0.760. The van der Waals surface area contributed by atoms with Gasteiger partial charge in [-0.15, -0.1) is 0 Å². The van der Waals surface area contributed by atoms with E-state index in [-0.39, 0.29) is 0 Å². The van der Waals surface area contributed by atoms with Crippen molar-refractivity contribution >= 4 is 20.8 Å². The number of hydrogen-bond donors (Lipinski definition) is 1. The fourth-order valence-corrected chi connectivity index (χ4v) is 5.30. The summed E-state index contributed by atoms with van der Waals surface area (Å²) < 4.78 is 38.3. The van der Waals surface area contributed by atoms with Crippen molar-refractivity contribution in [1.29, 1.82) is 0 Å². The molecule has 2 rings (SSSR count). The summed E-state index contributed by atoms with van der Waals surface area (Å²) in [5.74, 6) is 0.852. The summed E-state index contributed by atoms with van der Waals surface area (Å²) in [5, 5.41) is 3.20. The highest BCUT2D eigenvalue weighted by Crippen LogP contribution is 2.22. The first-order valence-electron chi connectivity index (χ1n) is 7.10. The molecule has 0 spiro atoms. The van der Waals surface area contributed by atoms with Crippen LogP contribution in [0.15, 0.2) is 23.1 Å². The first kappa shape index (κ1) is 16.6. The second kappa shape index (κ2) is 7.00. The highest BCUT2D eigenvalue weighted by molar-refractivity contribution is 7.89. The fraction of sp³-hybridized carbons (Fsp3) is 0.571. The minimum absolute atomic E-state index is 0.339. The average Bonchev–Trinajstić information content (AvgIpc) is 2.46. The third kappa shape index (κ3) is 3.91. The highest BCUT2D eigenvalue weighted by Gasteiger charge is 2.29. The van der Waals surface area contributed by atoms with Gasteiger partial charge in [0.1, 0.15) is 0 Å². The van der Waals surface area contributed by atoms with Crippen LogP contribution in [-0.2, 0) is 27.4 Å². The molecule has 1 aliphatic rings. The van der Waals surface area contributed by atoms with Crippen molar-refractivity contribution in [3.05, 3.63) is 29.3 Å². The van der Waals surface area contributed by atoms with E-state index in [9.17, 15) is 12.6 Å². The van der Waals surface area contributed by atoms with Crippen molar-refractivity contribution in [3.8, 4) is 0 Å². The van der Waals surface area contributed by atoms with Crippen molar-refractivity contribution in [3.63, 3.8) is 0 Å². The Kier molecular flexibility index (Phi) is 5.54. The normalized spacial score (nSPS) is 18.0. The maximum atomic E-state index is 12.7. The molecule has 0 amide bonds. The van der Waals surface area contributed by atoms with Gasteiger partial charge < -0.3 is 5.32 Å². The van der Waals surface area contributed by atoms with E-state index in [2.05, 4.69) is 5.32 Å². The highest BCUT2D eigenvalue weighted by atomic mass is 32.2. The van der Waals surface area contributed by atoms with E-state index in [1.165, 1.54) is 4.31 Å². The first-order chi connectivity index (χ1) is 9.95.